The maximum Gasteiger partial charge on any atom is 0.171 e. The van der Waals surface area contributed by atoms with Crippen molar-refractivity contribution in [1.29, 1.82) is 0 Å². The lowest BCUT2D eigenvalue weighted by atomic mass is 10.0. The molecule has 0 aromatic rings. The summed E-state index contributed by atoms with van der Waals surface area (Å²) in [5, 5.41) is 6.71. The molecule has 0 aromatic carbocycles. The van der Waals surface area contributed by atoms with Crippen molar-refractivity contribution in [1.82, 2.24) is 10.6 Å². The molecule has 2 N–H and O–H groups in total. The lowest BCUT2D eigenvalue weighted by molar-refractivity contribution is 0.546. The van der Waals surface area contributed by atoms with Gasteiger partial charge in [-0.1, -0.05) is 26.1 Å². The summed E-state index contributed by atoms with van der Waals surface area (Å²) in [5.74, 6) is 0.646. The van der Waals surface area contributed by atoms with Gasteiger partial charge in [0.25, 0.3) is 0 Å². The second-order valence-corrected chi connectivity index (χ2v) is 3.99. The molecule has 1 rings (SSSR count). The lowest BCUT2D eigenvalue weighted by Crippen LogP contribution is -2.29. The molecule has 0 aliphatic carbocycles. The van der Waals surface area contributed by atoms with Crippen LogP contribution in [0.25, 0.3) is 0 Å². The van der Waals surface area contributed by atoms with Gasteiger partial charge < -0.3 is 10.6 Å². The summed E-state index contributed by atoms with van der Waals surface area (Å²) < 4.78 is 0. The molecule has 4 heteroatoms. The molecule has 1 aliphatic heterocycles. The van der Waals surface area contributed by atoms with Gasteiger partial charge in [-0.05, 0) is 24.6 Å². The van der Waals surface area contributed by atoms with Crippen LogP contribution in [-0.2, 0) is 0 Å². The van der Waals surface area contributed by atoms with Crippen LogP contribution in [0.5, 0.6) is 0 Å². The Morgan fingerprint density at radius 2 is 2.09 bits per heavy atom. The molecule has 0 radical (unpaired) electrons. The number of hydrogen-bond acceptors (Lipinski definition) is 2. The monoisotopic (exact) mass is 188 g/mol. The fourth-order valence-electron chi connectivity index (χ4n) is 1.10. The third-order valence-corrected chi connectivity index (χ3v) is 2.17. The van der Waals surface area contributed by atoms with E-state index in [1.165, 1.54) is 0 Å². The van der Waals surface area contributed by atoms with Crippen molar-refractivity contribution in [2.45, 2.75) is 26.3 Å². The van der Waals surface area contributed by atoms with E-state index in [4.69, 9.17) is 24.4 Å². The van der Waals surface area contributed by atoms with Crippen molar-refractivity contribution >= 4 is 34.5 Å². The first-order valence-corrected chi connectivity index (χ1v) is 4.52. The van der Waals surface area contributed by atoms with Gasteiger partial charge in [-0.2, -0.15) is 0 Å². The van der Waals surface area contributed by atoms with Gasteiger partial charge in [0, 0.05) is 0 Å². The molecule has 1 unspecified atom stereocenters. The van der Waals surface area contributed by atoms with Crippen LogP contribution >= 0.6 is 24.4 Å². The topological polar surface area (TPSA) is 24.1 Å². The predicted octanol–water partition coefficient (Wildman–Crippen LogP) is 1.21. The molecule has 0 saturated carbocycles. The summed E-state index contributed by atoms with van der Waals surface area (Å²) >= 11 is 9.99. The highest BCUT2D eigenvalue weighted by molar-refractivity contribution is 7.82. The normalized spacial score (nSPS) is 23.7. The van der Waals surface area contributed by atoms with Gasteiger partial charge in [0.15, 0.2) is 5.11 Å². The van der Waals surface area contributed by atoms with Gasteiger partial charge in [0.05, 0.1) is 6.04 Å². The number of hydrogen-bond donors (Lipinski definition) is 2. The average Bonchev–Trinajstić information content (AvgIpc) is 2.09. The predicted molar refractivity (Wildman–Crippen MR) is 54.7 cm³/mol. The smallest absolute Gasteiger partial charge is 0.171 e. The average molecular weight is 188 g/mol. The highest BCUT2D eigenvalue weighted by Gasteiger charge is 2.23. The van der Waals surface area contributed by atoms with E-state index in [1.54, 1.807) is 0 Å². The highest BCUT2D eigenvalue weighted by atomic mass is 32.1. The zero-order valence-corrected chi connectivity index (χ0v) is 8.31. The molecule has 1 aliphatic rings. The molecule has 0 aromatic heterocycles. The van der Waals surface area contributed by atoms with Crippen LogP contribution in [0, 0.1) is 5.92 Å². The Morgan fingerprint density at radius 1 is 1.45 bits per heavy atom. The lowest BCUT2D eigenvalue weighted by Gasteiger charge is -2.11. The van der Waals surface area contributed by atoms with Crippen molar-refractivity contribution in [2.75, 3.05) is 0 Å². The van der Waals surface area contributed by atoms with E-state index in [9.17, 15) is 0 Å². The van der Waals surface area contributed by atoms with Crippen LogP contribution < -0.4 is 10.6 Å². The Balaban J connectivity index is 2.47. The van der Waals surface area contributed by atoms with Gasteiger partial charge in [0.1, 0.15) is 4.99 Å². The summed E-state index contributed by atoms with van der Waals surface area (Å²) in [7, 11) is 0. The molecule has 2 nitrogen and oxygen atoms in total. The zero-order valence-electron chi connectivity index (χ0n) is 6.68. The van der Waals surface area contributed by atoms with E-state index in [0.29, 0.717) is 11.0 Å². The first-order valence-electron chi connectivity index (χ1n) is 3.71. The van der Waals surface area contributed by atoms with Crippen LogP contribution in [0.4, 0.5) is 0 Å². The SMILES string of the molecule is CC(C)CC1NC(=S)NC1=S. The fraction of sp³-hybridized carbons (Fsp3) is 0.714. The van der Waals surface area contributed by atoms with Gasteiger partial charge in [-0.25, -0.2) is 0 Å². The largest absolute Gasteiger partial charge is 0.353 e. The standard InChI is InChI=1S/C7H12N2S2/c1-4(2)3-5-6(10)9-7(11)8-5/h4-5H,3H2,1-2H3,(H2,8,9,10,11). The number of rotatable bonds is 2. The second kappa shape index (κ2) is 3.45. The first-order chi connectivity index (χ1) is 5.09. The van der Waals surface area contributed by atoms with E-state index in [-0.39, 0.29) is 6.04 Å². The summed E-state index contributed by atoms with van der Waals surface area (Å²) in [5.41, 5.74) is 0. The zero-order chi connectivity index (χ0) is 8.43. The number of nitrogens with one attached hydrogen (secondary N) is 2. The van der Waals surface area contributed by atoms with E-state index in [1.807, 2.05) is 0 Å². The summed E-state index contributed by atoms with van der Waals surface area (Å²) in [6.07, 6.45) is 1.05. The minimum Gasteiger partial charge on any atom is -0.353 e. The van der Waals surface area contributed by atoms with Crippen molar-refractivity contribution in [3.8, 4) is 0 Å². The Labute approximate surface area is 77.7 Å². The maximum atomic E-state index is 5.07. The molecule has 11 heavy (non-hydrogen) atoms. The quantitative estimate of drug-likeness (QED) is 0.636. The molecule has 1 saturated heterocycles. The molecule has 0 bridgehead atoms. The Hall–Kier alpha value is -0.220. The molecular formula is C7H12N2S2. The Kier molecular flexibility index (Phi) is 2.78. The van der Waals surface area contributed by atoms with Gasteiger partial charge >= 0.3 is 0 Å². The van der Waals surface area contributed by atoms with Crippen LogP contribution in [0.1, 0.15) is 20.3 Å². The third-order valence-electron chi connectivity index (χ3n) is 1.57. The minimum atomic E-state index is 0.262. The van der Waals surface area contributed by atoms with E-state index in [2.05, 4.69) is 24.5 Å². The fourth-order valence-corrected chi connectivity index (χ4v) is 1.67. The summed E-state index contributed by atoms with van der Waals surface area (Å²) in [6.45, 7) is 4.34. The summed E-state index contributed by atoms with van der Waals surface area (Å²) in [6, 6.07) is 0.262. The van der Waals surface area contributed by atoms with Crippen molar-refractivity contribution in [3.63, 3.8) is 0 Å². The van der Waals surface area contributed by atoms with Crippen LogP contribution in [0.3, 0.4) is 0 Å². The van der Waals surface area contributed by atoms with Gasteiger partial charge in [-0.15, -0.1) is 0 Å². The van der Waals surface area contributed by atoms with E-state index < -0.39 is 0 Å². The molecule has 0 spiro atoms. The van der Waals surface area contributed by atoms with Crippen molar-refractivity contribution in [2.24, 2.45) is 5.92 Å². The molecule has 0 amide bonds. The summed E-state index contributed by atoms with van der Waals surface area (Å²) in [4.78, 5) is 0.837. The number of thiocarbonyl (C=S) groups is 2. The van der Waals surface area contributed by atoms with E-state index in [0.717, 1.165) is 11.4 Å². The van der Waals surface area contributed by atoms with Gasteiger partial charge in [0.2, 0.25) is 0 Å². The molecular weight excluding hydrogens is 176 g/mol. The highest BCUT2D eigenvalue weighted by Crippen LogP contribution is 2.08. The van der Waals surface area contributed by atoms with Crippen molar-refractivity contribution < 1.29 is 0 Å². The van der Waals surface area contributed by atoms with Crippen LogP contribution in [0.2, 0.25) is 0 Å². The second-order valence-electron chi connectivity index (χ2n) is 3.14. The van der Waals surface area contributed by atoms with E-state index >= 15 is 0 Å². The van der Waals surface area contributed by atoms with Gasteiger partial charge in [-0.3, -0.25) is 0 Å². The first kappa shape index (κ1) is 8.87. The Morgan fingerprint density at radius 3 is 2.45 bits per heavy atom. The maximum absolute atomic E-state index is 5.07. The molecule has 1 heterocycles. The molecule has 62 valence electrons. The third kappa shape index (κ3) is 2.38. The van der Waals surface area contributed by atoms with Crippen LogP contribution in [0.15, 0.2) is 0 Å². The van der Waals surface area contributed by atoms with Crippen LogP contribution in [-0.4, -0.2) is 16.1 Å². The molecule has 1 fully saturated rings. The Bertz CT molecular complexity index is 189. The van der Waals surface area contributed by atoms with Crippen molar-refractivity contribution in [3.05, 3.63) is 0 Å². The minimum absolute atomic E-state index is 0.262. The molecule has 1 atom stereocenters.